The van der Waals surface area contributed by atoms with E-state index in [1.54, 1.807) is 0 Å². The summed E-state index contributed by atoms with van der Waals surface area (Å²) in [6, 6.07) is 15.5. The summed E-state index contributed by atoms with van der Waals surface area (Å²) in [6.45, 7) is 0. The molecule has 0 amide bonds. The average Bonchev–Trinajstić information content (AvgIpc) is 2.57. The molecule has 0 fully saturated rings. The molecular weight excluding hydrogens is 360 g/mol. The van der Waals surface area contributed by atoms with E-state index in [1.807, 2.05) is 48.5 Å². The van der Waals surface area contributed by atoms with Crippen LogP contribution in [0, 0.1) is 0 Å². The summed E-state index contributed by atoms with van der Waals surface area (Å²) in [5, 5.41) is 2.02. The SMILES string of the molecule is O=C(Cc1cc(S)c(S)c(S)c1S)c1cccc2ccccc12. The van der Waals surface area contributed by atoms with Crippen molar-refractivity contribution in [3.05, 3.63) is 59.7 Å². The maximum Gasteiger partial charge on any atom is 0.167 e. The van der Waals surface area contributed by atoms with E-state index in [4.69, 9.17) is 0 Å². The van der Waals surface area contributed by atoms with Gasteiger partial charge in [0.15, 0.2) is 5.78 Å². The van der Waals surface area contributed by atoms with Crippen LogP contribution in [0.1, 0.15) is 15.9 Å². The van der Waals surface area contributed by atoms with Gasteiger partial charge in [-0.05, 0) is 22.4 Å². The summed E-state index contributed by atoms with van der Waals surface area (Å²) >= 11 is 17.6. The number of hydrogen-bond acceptors (Lipinski definition) is 5. The van der Waals surface area contributed by atoms with Crippen molar-refractivity contribution in [1.82, 2.24) is 0 Å². The Kier molecular flexibility index (Phi) is 5.01. The van der Waals surface area contributed by atoms with Crippen LogP contribution in [0.5, 0.6) is 0 Å². The first-order valence-corrected chi connectivity index (χ1v) is 8.74. The molecule has 23 heavy (non-hydrogen) atoms. The fourth-order valence-corrected chi connectivity index (χ4v) is 3.70. The van der Waals surface area contributed by atoms with E-state index in [-0.39, 0.29) is 12.2 Å². The van der Waals surface area contributed by atoms with Crippen LogP contribution in [-0.2, 0) is 6.42 Å². The number of benzene rings is 3. The first-order chi connectivity index (χ1) is 11.0. The molecule has 0 radical (unpaired) electrons. The van der Waals surface area contributed by atoms with Crippen molar-refractivity contribution in [2.24, 2.45) is 0 Å². The van der Waals surface area contributed by atoms with Gasteiger partial charge in [0, 0.05) is 31.6 Å². The van der Waals surface area contributed by atoms with E-state index >= 15 is 0 Å². The van der Waals surface area contributed by atoms with Crippen molar-refractivity contribution in [3.63, 3.8) is 0 Å². The highest BCUT2D eigenvalue weighted by Crippen LogP contribution is 2.34. The normalized spacial score (nSPS) is 11.0. The van der Waals surface area contributed by atoms with Gasteiger partial charge in [0.25, 0.3) is 0 Å². The van der Waals surface area contributed by atoms with Crippen LogP contribution in [-0.4, -0.2) is 5.78 Å². The summed E-state index contributed by atoms with van der Waals surface area (Å²) in [5.41, 5.74) is 1.52. The zero-order valence-corrected chi connectivity index (χ0v) is 15.6. The van der Waals surface area contributed by atoms with Gasteiger partial charge in [-0.25, -0.2) is 0 Å². The Morgan fingerprint density at radius 1 is 0.826 bits per heavy atom. The average molecular weight is 375 g/mol. The minimum Gasteiger partial charge on any atom is -0.294 e. The molecule has 5 heteroatoms. The number of rotatable bonds is 3. The molecule has 0 saturated carbocycles. The molecule has 3 aromatic carbocycles. The van der Waals surface area contributed by atoms with E-state index < -0.39 is 0 Å². The van der Waals surface area contributed by atoms with Crippen molar-refractivity contribution in [1.29, 1.82) is 0 Å². The highest BCUT2D eigenvalue weighted by Gasteiger charge is 2.15. The van der Waals surface area contributed by atoms with Crippen LogP contribution >= 0.6 is 50.5 Å². The molecule has 0 aliphatic carbocycles. The van der Waals surface area contributed by atoms with E-state index in [0.717, 1.165) is 16.3 Å². The predicted octanol–water partition coefficient (Wildman–Crippen LogP) is 5.42. The summed E-state index contributed by atoms with van der Waals surface area (Å²) in [6.07, 6.45) is 0.252. The highest BCUT2D eigenvalue weighted by atomic mass is 32.1. The lowest BCUT2D eigenvalue weighted by Gasteiger charge is -2.12. The van der Waals surface area contributed by atoms with Gasteiger partial charge in [0.2, 0.25) is 0 Å². The molecule has 0 saturated heterocycles. The third-order valence-corrected chi connectivity index (χ3v) is 6.05. The number of carbonyl (C=O) groups is 1. The number of hydrogen-bond donors (Lipinski definition) is 4. The standard InChI is InChI=1S/C18H14OS4/c19-14(8-11-9-15(20)17(22)18(23)16(11)21)13-7-3-5-10-4-1-2-6-12(10)13/h1-7,9,20-23H,8H2. The van der Waals surface area contributed by atoms with Gasteiger partial charge in [-0.3, -0.25) is 4.79 Å². The van der Waals surface area contributed by atoms with Crippen LogP contribution in [0.15, 0.2) is 68.1 Å². The number of fused-ring (bicyclic) bond motifs is 1. The van der Waals surface area contributed by atoms with Crippen LogP contribution in [0.3, 0.4) is 0 Å². The van der Waals surface area contributed by atoms with Gasteiger partial charge in [0.1, 0.15) is 0 Å². The highest BCUT2D eigenvalue weighted by molar-refractivity contribution is 7.86. The largest absolute Gasteiger partial charge is 0.294 e. The maximum atomic E-state index is 12.8. The Morgan fingerprint density at radius 3 is 2.30 bits per heavy atom. The third kappa shape index (κ3) is 3.29. The molecule has 0 unspecified atom stereocenters. The maximum absolute atomic E-state index is 12.8. The number of ketones is 1. The second kappa shape index (κ2) is 6.85. The molecule has 116 valence electrons. The van der Waals surface area contributed by atoms with Gasteiger partial charge in [-0.2, -0.15) is 0 Å². The molecular formula is C18H14OS4. The Balaban J connectivity index is 2.02. The van der Waals surface area contributed by atoms with Gasteiger partial charge in [-0.1, -0.05) is 42.5 Å². The van der Waals surface area contributed by atoms with E-state index in [0.29, 0.717) is 25.1 Å². The lowest BCUT2D eigenvalue weighted by molar-refractivity contribution is 0.0993. The van der Waals surface area contributed by atoms with Crippen LogP contribution < -0.4 is 0 Å². The molecule has 0 heterocycles. The number of carbonyl (C=O) groups excluding carboxylic acids is 1. The first-order valence-electron chi connectivity index (χ1n) is 6.95. The van der Waals surface area contributed by atoms with Crippen molar-refractivity contribution in [2.75, 3.05) is 0 Å². The quantitative estimate of drug-likeness (QED) is 0.356. The molecule has 0 N–H and O–H groups in total. The molecule has 0 aliphatic rings. The summed E-state index contributed by atoms with van der Waals surface area (Å²) < 4.78 is 0. The molecule has 0 aliphatic heterocycles. The Bertz CT molecular complexity index is 913. The van der Waals surface area contributed by atoms with Crippen LogP contribution in [0.2, 0.25) is 0 Å². The van der Waals surface area contributed by atoms with E-state index in [2.05, 4.69) is 50.5 Å². The van der Waals surface area contributed by atoms with Crippen molar-refractivity contribution in [2.45, 2.75) is 26.0 Å². The van der Waals surface area contributed by atoms with Crippen LogP contribution in [0.25, 0.3) is 10.8 Å². The van der Waals surface area contributed by atoms with E-state index in [9.17, 15) is 4.79 Å². The Hall–Kier alpha value is -1.01. The zero-order chi connectivity index (χ0) is 16.6. The lowest BCUT2D eigenvalue weighted by atomic mass is 9.97. The van der Waals surface area contributed by atoms with Crippen LogP contribution in [0.4, 0.5) is 0 Å². The third-order valence-electron chi connectivity index (χ3n) is 3.75. The predicted molar refractivity (Wildman–Crippen MR) is 107 cm³/mol. The fraction of sp³-hybridized carbons (Fsp3) is 0.0556. The van der Waals surface area contributed by atoms with Gasteiger partial charge < -0.3 is 0 Å². The first kappa shape index (κ1) is 16.8. The molecule has 0 atom stereocenters. The molecule has 0 spiro atoms. The topological polar surface area (TPSA) is 17.1 Å². The smallest absolute Gasteiger partial charge is 0.167 e. The van der Waals surface area contributed by atoms with Gasteiger partial charge in [0.05, 0.1) is 0 Å². The molecule has 3 aromatic rings. The van der Waals surface area contributed by atoms with Gasteiger partial charge in [-0.15, -0.1) is 50.5 Å². The number of Topliss-reactive ketones (excluding diaryl/α,β-unsaturated/α-hetero) is 1. The minimum absolute atomic E-state index is 0.0458. The van der Waals surface area contributed by atoms with Crippen molar-refractivity contribution >= 4 is 67.1 Å². The second-order valence-corrected chi connectivity index (χ2v) is 7.05. The lowest BCUT2D eigenvalue weighted by Crippen LogP contribution is -2.05. The molecule has 3 rings (SSSR count). The van der Waals surface area contributed by atoms with E-state index in [1.165, 1.54) is 0 Å². The fourth-order valence-electron chi connectivity index (χ4n) is 2.56. The molecule has 0 aromatic heterocycles. The zero-order valence-electron chi connectivity index (χ0n) is 12.0. The molecule has 1 nitrogen and oxygen atoms in total. The van der Waals surface area contributed by atoms with Crippen molar-refractivity contribution < 1.29 is 4.79 Å². The minimum atomic E-state index is 0.0458. The monoisotopic (exact) mass is 374 g/mol. The second-order valence-electron chi connectivity index (χ2n) is 5.23. The van der Waals surface area contributed by atoms with Crippen molar-refractivity contribution in [3.8, 4) is 0 Å². The summed E-state index contributed by atoms with van der Waals surface area (Å²) in [4.78, 5) is 15.5. The Labute approximate surface area is 157 Å². The summed E-state index contributed by atoms with van der Waals surface area (Å²) in [7, 11) is 0. The Morgan fingerprint density at radius 2 is 1.52 bits per heavy atom. The molecule has 0 bridgehead atoms. The number of thiol groups is 4. The summed E-state index contributed by atoms with van der Waals surface area (Å²) in [5.74, 6) is 0.0458. The van der Waals surface area contributed by atoms with Gasteiger partial charge >= 0.3 is 0 Å².